The number of ether oxygens (including phenoxy) is 1. The quantitative estimate of drug-likeness (QED) is 0.858. The summed E-state index contributed by atoms with van der Waals surface area (Å²) in [6, 6.07) is 3.77. The molecule has 2 rings (SSSR count). The molecule has 2 atom stereocenters. The van der Waals surface area contributed by atoms with Gasteiger partial charge in [-0.1, -0.05) is 12.1 Å². The topological polar surface area (TPSA) is 35.2 Å². The van der Waals surface area contributed by atoms with E-state index in [0.717, 1.165) is 17.5 Å². The van der Waals surface area contributed by atoms with Gasteiger partial charge in [-0.15, -0.1) is 0 Å². The van der Waals surface area contributed by atoms with Crippen LogP contribution in [-0.4, -0.2) is 13.2 Å². The molecule has 1 aromatic rings. The maximum atomic E-state index is 14.9. The number of halogens is 1. The first-order chi connectivity index (χ1) is 7.98. The Labute approximate surface area is 102 Å². The first-order valence-electron chi connectivity index (χ1n) is 6.07. The van der Waals surface area contributed by atoms with Crippen LogP contribution in [0, 0.1) is 13.8 Å². The van der Waals surface area contributed by atoms with E-state index in [2.05, 4.69) is 0 Å². The van der Waals surface area contributed by atoms with Crippen LogP contribution >= 0.6 is 0 Å². The van der Waals surface area contributed by atoms with Gasteiger partial charge in [0, 0.05) is 18.0 Å². The Hall–Kier alpha value is -1.09. The average molecular weight is 237 g/mol. The van der Waals surface area contributed by atoms with Crippen LogP contribution < -0.4 is 10.5 Å². The van der Waals surface area contributed by atoms with Gasteiger partial charge in [0.05, 0.1) is 7.11 Å². The normalized spacial score (nSPS) is 28.4. The first kappa shape index (κ1) is 12.4. The van der Waals surface area contributed by atoms with E-state index in [1.807, 2.05) is 26.0 Å². The van der Waals surface area contributed by atoms with Crippen molar-refractivity contribution >= 4 is 0 Å². The number of alkyl halides is 1. The van der Waals surface area contributed by atoms with E-state index in [1.165, 1.54) is 0 Å². The molecule has 0 saturated heterocycles. The highest BCUT2D eigenvalue weighted by atomic mass is 19.1. The van der Waals surface area contributed by atoms with E-state index >= 15 is 0 Å². The second-order valence-electron chi connectivity index (χ2n) is 5.06. The van der Waals surface area contributed by atoms with E-state index in [0.29, 0.717) is 24.2 Å². The van der Waals surface area contributed by atoms with Crippen molar-refractivity contribution in [3.8, 4) is 5.75 Å². The van der Waals surface area contributed by atoms with Gasteiger partial charge in [0.25, 0.3) is 0 Å². The maximum absolute atomic E-state index is 14.9. The summed E-state index contributed by atoms with van der Waals surface area (Å²) in [5.41, 5.74) is 7.31. The summed E-state index contributed by atoms with van der Waals surface area (Å²) in [6.07, 6.45) is 1.63. The zero-order valence-corrected chi connectivity index (χ0v) is 10.7. The SMILES string of the molecule is COc1c(C2(F)CCC(N)C2)ccc(C)c1C. The van der Waals surface area contributed by atoms with Gasteiger partial charge in [-0.05, 0) is 37.8 Å². The van der Waals surface area contributed by atoms with Crippen molar-refractivity contribution in [3.05, 3.63) is 28.8 Å². The fraction of sp³-hybridized carbons (Fsp3) is 0.571. The van der Waals surface area contributed by atoms with E-state index in [-0.39, 0.29) is 6.04 Å². The Bertz CT molecular complexity index is 432. The van der Waals surface area contributed by atoms with Crippen LogP contribution in [0.3, 0.4) is 0 Å². The summed E-state index contributed by atoms with van der Waals surface area (Å²) in [5.74, 6) is 0.682. The molecule has 1 fully saturated rings. The third-order valence-electron chi connectivity index (χ3n) is 3.86. The Morgan fingerprint density at radius 3 is 2.65 bits per heavy atom. The molecule has 0 amide bonds. The molecular weight excluding hydrogens is 217 g/mol. The van der Waals surface area contributed by atoms with Gasteiger partial charge in [-0.3, -0.25) is 0 Å². The van der Waals surface area contributed by atoms with Crippen molar-refractivity contribution in [2.75, 3.05) is 7.11 Å². The molecule has 2 N–H and O–H groups in total. The van der Waals surface area contributed by atoms with E-state index < -0.39 is 5.67 Å². The van der Waals surface area contributed by atoms with Gasteiger partial charge in [-0.2, -0.15) is 0 Å². The van der Waals surface area contributed by atoms with Gasteiger partial charge >= 0.3 is 0 Å². The molecule has 0 radical (unpaired) electrons. The zero-order valence-electron chi connectivity index (χ0n) is 10.7. The fourth-order valence-corrected chi connectivity index (χ4v) is 2.68. The van der Waals surface area contributed by atoms with Crippen LogP contribution in [0.4, 0.5) is 4.39 Å². The smallest absolute Gasteiger partial charge is 0.141 e. The van der Waals surface area contributed by atoms with Crippen LogP contribution in [-0.2, 0) is 5.67 Å². The van der Waals surface area contributed by atoms with Crippen molar-refractivity contribution < 1.29 is 9.13 Å². The highest BCUT2D eigenvalue weighted by Crippen LogP contribution is 2.46. The van der Waals surface area contributed by atoms with Crippen molar-refractivity contribution in [3.63, 3.8) is 0 Å². The Balaban J connectivity index is 2.49. The van der Waals surface area contributed by atoms with Crippen molar-refractivity contribution in [1.82, 2.24) is 0 Å². The van der Waals surface area contributed by atoms with Crippen LogP contribution in [0.2, 0.25) is 0 Å². The molecule has 1 aromatic carbocycles. The van der Waals surface area contributed by atoms with Crippen LogP contribution in [0.5, 0.6) is 5.75 Å². The van der Waals surface area contributed by atoms with Crippen molar-refractivity contribution in [2.45, 2.75) is 44.8 Å². The van der Waals surface area contributed by atoms with Gasteiger partial charge in [0.15, 0.2) is 0 Å². The van der Waals surface area contributed by atoms with Crippen LogP contribution in [0.25, 0.3) is 0 Å². The number of nitrogens with two attached hydrogens (primary N) is 1. The minimum Gasteiger partial charge on any atom is -0.496 e. The van der Waals surface area contributed by atoms with E-state index in [9.17, 15) is 4.39 Å². The minimum absolute atomic E-state index is 0.0358. The summed E-state index contributed by atoms with van der Waals surface area (Å²) < 4.78 is 20.3. The van der Waals surface area contributed by atoms with Crippen molar-refractivity contribution in [2.24, 2.45) is 5.73 Å². The van der Waals surface area contributed by atoms with E-state index in [4.69, 9.17) is 10.5 Å². The number of hydrogen-bond acceptors (Lipinski definition) is 2. The second-order valence-corrected chi connectivity index (χ2v) is 5.06. The van der Waals surface area contributed by atoms with Gasteiger partial charge in [-0.25, -0.2) is 4.39 Å². The van der Waals surface area contributed by atoms with Crippen LogP contribution in [0.1, 0.15) is 36.0 Å². The third kappa shape index (κ3) is 2.04. The largest absolute Gasteiger partial charge is 0.496 e. The molecule has 0 heterocycles. The molecule has 0 aromatic heterocycles. The Kier molecular flexibility index (Phi) is 3.13. The number of methoxy groups -OCH3 is 1. The molecule has 2 unspecified atom stereocenters. The molecule has 0 aliphatic heterocycles. The van der Waals surface area contributed by atoms with E-state index in [1.54, 1.807) is 7.11 Å². The predicted molar refractivity (Wildman–Crippen MR) is 67.1 cm³/mol. The summed E-state index contributed by atoms with van der Waals surface area (Å²) >= 11 is 0. The highest BCUT2D eigenvalue weighted by Gasteiger charge is 2.41. The molecule has 1 aliphatic rings. The van der Waals surface area contributed by atoms with Gasteiger partial charge < -0.3 is 10.5 Å². The lowest BCUT2D eigenvalue weighted by Gasteiger charge is -2.24. The molecule has 0 bridgehead atoms. The molecule has 0 spiro atoms. The highest BCUT2D eigenvalue weighted by molar-refractivity contribution is 5.48. The number of benzene rings is 1. The summed E-state index contributed by atoms with van der Waals surface area (Å²) in [5, 5.41) is 0. The monoisotopic (exact) mass is 237 g/mol. The molecular formula is C14H20FNO. The number of hydrogen-bond donors (Lipinski definition) is 1. The summed E-state index contributed by atoms with van der Waals surface area (Å²) in [7, 11) is 1.60. The predicted octanol–water partition coefficient (Wildman–Crippen LogP) is 2.99. The minimum atomic E-state index is -1.32. The Morgan fingerprint density at radius 2 is 2.12 bits per heavy atom. The fourth-order valence-electron chi connectivity index (χ4n) is 2.68. The molecule has 2 nitrogen and oxygen atoms in total. The Morgan fingerprint density at radius 1 is 1.41 bits per heavy atom. The standard InChI is InChI=1S/C14H20FNO/c1-9-4-5-12(13(17-3)10(9)2)14(15)7-6-11(16)8-14/h4-5,11H,6-8,16H2,1-3H3. The number of aryl methyl sites for hydroxylation is 1. The average Bonchev–Trinajstić information content (AvgIpc) is 2.63. The van der Waals surface area contributed by atoms with Crippen molar-refractivity contribution in [1.29, 1.82) is 0 Å². The molecule has 17 heavy (non-hydrogen) atoms. The molecule has 94 valence electrons. The third-order valence-corrected chi connectivity index (χ3v) is 3.86. The first-order valence-corrected chi connectivity index (χ1v) is 6.07. The second kappa shape index (κ2) is 4.30. The number of rotatable bonds is 2. The zero-order chi connectivity index (χ0) is 12.6. The molecule has 1 saturated carbocycles. The molecule has 3 heteroatoms. The lowest BCUT2D eigenvalue weighted by Crippen LogP contribution is -2.22. The van der Waals surface area contributed by atoms with Crippen LogP contribution in [0.15, 0.2) is 12.1 Å². The maximum Gasteiger partial charge on any atom is 0.141 e. The molecule has 1 aliphatic carbocycles. The summed E-state index contributed by atoms with van der Waals surface area (Å²) in [4.78, 5) is 0. The lowest BCUT2D eigenvalue weighted by atomic mass is 9.90. The summed E-state index contributed by atoms with van der Waals surface area (Å²) in [6.45, 7) is 3.98. The lowest BCUT2D eigenvalue weighted by molar-refractivity contribution is 0.166. The van der Waals surface area contributed by atoms with Gasteiger partial charge in [0.1, 0.15) is 11.4 Å². The van der Waals surface area contributed by atoms with Gasteiger partial charge in [0.2, 0.25) is 0 Å².